The Kier molecular flexibility index (Phi) is 6.80. The third kappa shape index (κ3) is 5.69. The molecule has 0 fully saturated rings. The Balaban J connectivity index is 1.60. The standard InChI is InChI=1S/C24H20N2O4/c1-30-22-15-18(12-13-25-22)5-2-4-17-6-3-7-21(14-17)23(27)26-16-19-8-10-20(11-9-19)24(28)29/h3,6-15H,5,16H2,1H3,(H,26,27)(H,28,29). The number of aromatic nitrogens is 1. The van der Waals surface area contributed by atoms with Gasteiger partial charge in [0.2, 0.25) is 5.88 Å². The van der Waals surface area contributed by atoms with Crippen LogP contribution in [0, 0.1) is 11.8 Å². The molecule has 0 aliphatic carbocycles. The second-order valence-corrected chi connectivity index (χ2v) is 6.45. The van der Waals surface area contributed by atoms with Gasteiger partial charge in [0.15, 0.2) is 0 Å². The van der Waals surface area contributed by atoms with Crippen molar-refractivity contribution in [2.24, 2.45) is 0 Å². The fourth-order valence-corrected chi connectivity index (χ4v) is 2.71. The van der Waals surface area contributed by atoms with Crippen LogP contribution in [0.2, 0.25) is 0 Å². The van der Waals surface area contributed by atoms with Gasteiger partial charge in [0.25, 0.3) is 5.91 Å². The number of carboxylic acid groups (broad SMARTS) is 1. The highest BCUT2D eigenvalue weighted by atomic mass is 16.5. The molecule has 0 saturated heterocycles. The van der Waals surface area contributed by atoms with Crippen LogP contribution in [-0.4, -0.2) is 29.1 Å². The number of amides is 1. The lowest BCUT2D eigenvalue weighted by atomic mass is 10.1. The van der Waals surface area contributed by atoms with Gasteiger partial charge < -0.3 is 15.2 Å². The van der Waals surface area contributed by atoms with Gasteiger partial charge in [0.05, 0.1) is 12.7 Å². The first-order chi connectivity index (χ1) is 14.5. The highest BCUT2D eigenvalue weighted by Gasteiger charge is 2.07. The van der Waals surface area contributed by atoms with Crippen LogP contribution < -0.4 is 10.1 Å². The van der Waals surface area contributed by atoms with E-state index in [0.717, 1.165) is 16.7 Å². The summed E-state index contributed by atoms with van der Waals surface area (Å²) in [5.74, 6) is 5.51. The van der Waals surface area contributed by atoms with E-state index in [-0.39, 0.29) is 11.5 Å². The number of hydrogen-bond acceptors (Lipinski definition) is 4. The molecule has 2 N–H and O–H groups in total. The zero-order chi connectivity index (χ0) is 21.3. The number of nitrogens with zero attached hydrogens (tertiary/aromatic N) is 1. The topological polar surface area (TPSA) is 88.5 Å². The number of benzene rings is 2. The summed E-state index contributed by atoms with van der Waals surface area (Å²) < 4.78 is 5.10. The van der Waals surface area contributed by atoms with E-state index in [2.05, 4.69) is 22.1 Å². The zero-order valence-electron chi connectivity index (χ0n) is 16.4. The van der Waals surface area contributed by atoms with Crippen LogP contribution in [0.15, 0.2) is 66.9 Å². The fourth-order valence-electron chi connectivity index (χ4n) is 2.71. The molecule has 0 saturated carbocycles. The van der Waals surface area contributed by atoms with Crippen molar-refractivity contribution in [1.82, 2.24) is 10.3 Å². The van der Waals surface area contributed by atoms with Crippen LogP contribution in [0.4, 0.5) is 0 Å². The minimum atomic E-state index is -0.980. The first kappa shape index (κ1) is 20.6. The van der Waals surface area contributed by atoms with Crippen LogP contribution in [-0.2, 0) is 13.0 Å². The van der Waals surface area contributed by atoms with Gasteiger partial charge in [-0.2, -0.15) is 0 Å². The smallest absolute Gasteiger partial charge is 0.335 e. The molecule has 3 aromatic rings. The van der Waals surface area contributed by atoms with Crippen molar-refractivity contribution in [2.45, 2.75) is 13.0 Å². The number of aromatic carboxylic acids is 1. The molecule has 1 heterocycles. The summed E-state index contributed by atoms with van der Waals surface area (Å²) in [6, 6.07) is 17.2. The maximum Gasteiger partial charge on any atom is 0.335 e. The fraction of sp³-hybridized carbons (Fsp3) is 0.125. The second kappa shape index (κ2) is 9.89. The normalized spacial score (nSPS) is 9.90. The number of methoxy groups -OCH3 is 1. The molecule has 6 heteroatoms. The molecule has 1 aromatic heterocycles. The van der Waals surface area contributed by atoms with Crippen molar-refractivity contribution >= 4 is 11.9 Å². The second-order valence-electron chi connectivity index (χ2n) is 6.45. The quantitative estimate of drug-likeness (QED) is 0.620. The lowest BCUT2D eigenvalue weighted by Gasteiger charge is -2.06. The lowest BCUT2D eigenvalue weighted by molar-refractivity contribution is 0.0696. The molecular formula is C24H20N2O4. The summed E-state index contributed by atoms with van der Waals surface area (Å²) >= 11 is 0. The van der Waals surface area contributed by atoms with Gasteiger partial charge in [-0.3, -0.25) is 4.79 Å². The summed E-state index contributed by atoms with van der Waals surface area (Å²) in [6.45, 7) is 0.304. The Hall–Kier alpha value is -4.11. The lowest BCUT2D eigenvalue weighted by Crippen LogP contribution is -2.22. The van der Waals surface area contributed by atoms with Gasteiger partial charge in [-0.15, -0.1) is 0 Å². The molecule has 1 amide bonds. The first-order valence-corrected chi connectivity index (χ1v) is 9.23. The monoisotopic (exact) mass is 400 g/mol. The number of carbonyl (C=O) groups is 2. The van der Waals surface area contributed by atoms with Crippen molar-refractivity contribution in [2.75, 3.05) is 7.11 Å². The Morgan fingerprint density at radius 3 is 2.57 bits per heavy atom. The van der Waals surface area contributed by atoms with Crippen LogP contribution in [0.25, 0.3) is 0 Å². The van der Waals surface area contributed by atoms with E-state index < -0.39 is 5.97 Å². The predicted molar refractivity (Wildman–Crippen MR) is 112 cm³/mol. The van der Waals surface area contributed by atoms with E-state index in [1.807, 2.05) is 18.2 Å². The molecule has 2 aromatic carbocycles. The van der Waals surface area contributed by atoms with Crippen molar-refractivity contribution in [3.63, 3.8) is 0 Å². The Labute approximate surface area is 174 Å². The largest absolute Gasteiger partial charge is 0.481 e. The third-order valence-corrected chi connectivity index (χ3v) is 4.31. The number of nitrogens with one attached hydrogen (secondary N) is 1. The van der Waals surface area contributed by atoms with Gasteiger partial charge in [0.1, 0.15) is 0 Å². The van der Waals surface area contributed by atoms with Gasteiger partial charge in [-0.1, -0.05) is 30.0 Å². The van der Waals surface area contributed by atoms with Crippen LogP contribution in [0.1, 0.15) is 37.4 Å². The number of rotatable bonds is 6. The molecule has 0 atom stereocenters. The molecule has 0 aliphatic rings. The number of carbonyl (C=O) groups excluding carboxylic acids is 1. The predicted octanol–water partition coefficient (Wildman–Crippen LogP) is 3.31. The highest BCUT2D eigenvalue weighted by molar-refractivity contribution is 5.94. The van der Waals surface area contributed by atoms with Crippen molar-refractivity contribution in [3.8, 4) is 17.7 Å². The maximum absolute atomic E-state index is 12.4. The third-order valence-electron chi connectivity index (χ3n) is 4.31. The average molecular weight is 400 g/mol. The molecule has 0 spiro atoms. The number of hydrogen-bond donors (Lipinski definition) is 2. The van der Waals surface area contributed by atoms with Crippen molar-refractivity contribution in [1.29, 1.82) is 0 Å². The van der Waals surface area contributed by atoms with Gasteiger partial charge in [-0.05, 0) is 47.5 Å². The molecule has 3 rings (SSSR count). The van der Waals surface area contributed by atoms with E-state index in [4.69, 9.17) is 9.84 Å². The maximum atomic E-state index is 12.4. The van der Waals surface area contributed by atoms with Crippen LogP contribution in [0.3, 0.4) is 0 Å². The van der Waals surface area contributed by atoms with Crippen LogP contribution in [0.5, 0.6) is 5.88 Å². The number of pyridine rings is 1. The van der Waals surface area contributed by atoms with E-state index in [1.165, 1.54) is 12.1 Å². The summed E-state index contributed by atoms with van der Waals surface area (Å²) in [5.41, 5.74) is 3.28. The molecule has 0 bridgehead atoms. The van der Waals surface area contributed by atoms with Crippen LogP contribution >= 0.6 is 0 Å². The minimum absolute atomic E-state index is 0.210. The Morgan fingerprint density at radius 2 is 1.83 bits per heavy atom. The van der Waals surface area contributed by atoms with Gasteiger partial charge >= 0.3 is 5.97 Å². The molecule has 0 aliphatic heterocycles. The minimum Gasteiger partial charge on any atom is -0.481 e. The molecule has 30 heavy (non-hydrogen) atoms. The van der Waals surface area contributed by atoms with E-state index in [1.54, 1.807) is 43.6 Å². The molecule has 6 nitrogen and oxygen atoms in total. The Morgan fingerprint density at radius 1 is 1.03 bits per heavy atom. The summed E-state index contributed by atoms with van der Waals surface area (Å²) in [4.78, 5) is 27.4. The highest BCUT2D eigenvalue weighted by Crippen LogP contribution is 2.10. The summed E-state index contributed by atoms with van der Waals surface area (Å²) in [7, 11) is 1.57. The van der Waals surface area contributed by atoms with E-state index >= 15 is 0 Å². The average Bonchev–Trinajstić information content (AvgIpc) is 2.78. The van der Waals surface area contributed by atoms with E-state index in [0.29, 0.717) is 24.4 Å². The number of ether oxygens (including phenoxy) is 1. The van der Waals surface area contributed by atoms with Crippen molar-refractivity contribution in [3.05, 3.63) is 94.7 Å². The molecular weight excluding hydrogens is 380 g/mol. The molecule has 0 radical (unpaired) electrons. The first-order valence-electron chi connectivity index (χ1n) is 9.23. The zero-order valence-corrected chi connectivity index (χ0v) is 16.4. The number of carboxylic acids is 1. The summed E-state index contributed by atoms with van der Waals surface area (Å²) in [6.07, 6.45) is 2.22. The Bertz CT molecular complexity index is 1110. The van der Waals surface area contributed by atoms with Crippen molar-refractivity contribution < 1.29 is 19.4 Å². The van der Waals surface area contributed by atoms with E-state index in [9.17, 15) is 9.59 Å². The molecule has 0 unspecified atom stereocenters. The summed E-state index contributed by atoms with van der Waals surface area (Å²) in [5, 5.41) is 11.8. The van der Waals surface area contributed by atoms with Gasteiger partial charge in [-0.25, -0.2) is 9.78 Å². The SMILES string of the molecule is COc1cc(CC#Cc2cccc(C(=O)NCc3ccc(C(=O)O)cc3)c2)ccn1. The molecule has 150 valence electrons. The van der Waals surface area contributed by atoms with Gasteiger partial charge in [0, 0.05) is 36.4 Å².